The van der Waals surface area contributed by atoms with E-state index in [0.717, 1.165) is 9.36 Å². The van der Waals surface area contributed by atoms with Gasteiger partial charge in [0.05, 0.1) is 34.6 Å². The standard InChI is InChI=1S/C12H15Cl2FN5O2P/c1-23(2,22)16-10-7-11(9(14)6-8(10)13)20-12(21)19(17-18-20)5-3-4-15/h6-7H,3-5H2,1-2H3,(H,16,22). The number of halogens is 3. The van der Waals surface area contributed by atoms with E-state index in [1.54, 1.807) is 0 Å². The first kappa shape index (κ1) is 18.0. The van der Waals surface area contributed by atoms with Crippen molar-refractivity contribution < 1.29 is 8.96 Å². The van der Waals surface area contributed by atoms with Crippen molar-refractivity contribution in [3.63, 3.8) is 0 Å². The highest BCUT2D eigenvalue weighted by atomic mass is 35.5. The fourth-order valence-electron chi connectivity index (χ4n) is 1.85. The maximum absolute atomic E-state index is 12.2. The zero-order chi connectivity index (χ0) is 17.2. The molecule has 0 aliphatic rings. The zero-order valence-corrected chi connectivity index (χ0v) is 14.9. The molecule has 0 saturated heterocycles. The van der Waals surface area contributed by atoms with Gasteiger partial charge in [-0.05, 0) is 29.0 Å². The molecule has 0 saturated carbocycles. The molecule has 7 nitrogen and oxygen atoms in total. The number of hydrogen-bond donors (Lipinski definition) is 1. The number of benzene rings is 1. The molecule has 0 amide bonds. The quantitative estimate of drug-likeness (QED) is 0.777. The normalized spacial score (nSPS) is 11.7. The number of hydrogen-bond acceptors (Lipinski definition) is 4. The van der Waals surface area contributed by atoms with Crippen molar-refractivity contribution in [3.05, 3.63) is 32.7 Å². The van der Waals surface area contributed by atoms with Crippen LogP contribution in [0.1, 0.15) is 6.42 Å². The minimum atomic E-state index is -2.61. The largest absolute Gasteiger partial charge is 0.368 e. The van der Waals surface area contributed by atoms with Crippen LogP contribution >= 0.6 is 30.5 Å². The van der Waals surface area contributed by atoms with Crippen LogP contribution in [0.25, 0.3) is 5.69 Å². The first-order valence-corrected chi connectivity index (χ1v) is 10.00. The van der Waals surface area contributed by atoms with Crippen LogP contribution in [-0.2, 0) is 11.1 Å². The van der Waals surface area contributed by atoms with Crippen LogP contribution < -0.4 is 10.8 Å². The summed E-state index contributed by atoms with van der Waals surface area (Å²) in [7, 11) is -2.61. The summed E-state index contributed by atoms with van der Waals surface area (Å²) < 4.78 is 26.2. The molecule has 1 aromatic carbocycles. The summed E-state index contributed by atoms with van der Waals surface area (Å²) in [6.45, 7) is 2.64. The second-order valence-electron chi connectivity index (χ2n) is 5.19. The number of aromatic nitrogens is 4. The van der Waals surface area contributed by atoms with E-state index in [9.17, 15) is 13.8 Å². The van der Waals surface area contributed by atoms with Gasteiger partial charge >= 0.3 is 5.69 Å². The maximum atomic E-state index is 12.2. The molecule has 11 heteroatoms. The zero-order valence-electron chi connectivity index (χ0n) is 12.5. The van der Waals surface area contributed by atoms with Gasteiger partial charge in [-0.3, -0.25) is 4.39 Å². The van der Waals surface area contributed by atoms with Gasteiger partial charge in [-0.1, -0.05) is 23.2 Å². The van der Waals surface area contributed by atoms with Crippen molar-refractivity contribution in [1.82, 2.24) is 19.8 Å². The predicted octanol–water partition coefficient (Wildman–Crippen LogP) is 3.05. The van der Waals surface area contributed by atoms with Crippen molar-refractivity contribution in [2.75, 3.05) is 25.1 Å². The van der Waals surface area contributed by atoms with Crippen molar-refractivity contribution in [1.29, 1.82) is 0 Å². The fourth-order valence-corrected chi connectivity index (χ4v) is 3.19. The Balaban J connectivity index is 2.47. The van der Waals surface area contributed by atoms with Crippen LogP contribution in [0.4, 0.5) is 10.1 Å². The lowest BCUT2D eigenvalue weighted by Crippen LogP contribution is -2.24. The van der Waals surface area contributed by atoms with Gasteiger partial charge in [0.1, 0.15) is 0 Å². The number of anilines is 1. The highest BCUT2D eigenvalue weighted by Gasteiger charge is 2.17. The van der Waals surface area contributed by atoms with Crippen LogP contribution in [0.15, 0.2) is 16.9 Å². The lowest BCUT2D eigenvalue weighted by molar-refractivity contribution is 0.427. The van der Waals surface area contributed by atoms with Gasteiger partial charge in [0.2, 0.25) is 0 Å². The van der Waals surface area contributed by atoms with Gasteiger partial charge in [-0.25, -0.2) is 4.79 Å². The van der Waals surface area contributed by atoms with Crippen LogP contribution in [0, 0.1) is 0 Å². The molecular weight excluding hydrogens is 367 g/mol. The molecule has 0 spiro atoms. The molecule has 0 atom stereocenters. The van der Waals surface area contributed by atoms with Crippen molar-refractivity contribution >= 4 is 36.2 Å². The summed E-state index contributed by atoms with van der Waals surface area (Å²) >= 11 is 12.2. The number of nitrogens with zero attached hydrogens (tertiary/aromatic N) is 4. The van der Waals surface area contributed by atoms with Crippen molar-refractivity contribution in [2.45, 2.75) is 13.0 Å². The van der Waals surface area contributed by atoms with E-state index in [0.29, 0.717) is 5.69 Å². The number of nitrogens with one attached hydrogen (secondary N) is 1. The summed E-state index contributed by atoms with van der Waals surface area (Å²) in [5.41, 5.74) is 0.0536. The molecule has 23 heavy (non-hydrogen) atoms. The molecule has 0 aliphatic heterocycles. The first-order chi connectivity index (χ1) is 10.7. The summed E-state index contributed by atoms with van der Waals surface area (Å²) in [6.07, 6.45) is 0.161. The molecule has 0 unspecified atom stereocenters. The van der Waals surface area contributed by atoms with Gasteiger partial charge in [0.15, 0.2) is 7.29 Å². The summed E-state index contributed by atoms with van der Waals surface area (Å²) in [5, 5.41) is 10.7. The Morgan fingerprint density at radius 3 is 2.57 bits per heavy atom. The van der Waals surface area contributed by atoms with E-state index in [1.165, 1.54) is 25.5 Å². The van der Waals surface area contributed by atoms with Gasteiger partial charge < -0.3 is 9.65 Å². The topological polar surface area (TPSA) is 81.8 Å². The van der Waals surface area contributed by atoms with Crippen molar-refractivity contribution in [3.8, 4) is 5.69 Å². The molecule has 0 aliphatic carbocycles. The Bertz CT molecular complexity index is 816. The Hall–Kier alpha value is -1.37. The third kappa shape index (κ3) is 4.34. The molecule has 1 N–H and O–H groups in total. The molecular formula is C12H15Cl2FN5O2P. The second kappa shape index (κ2) is 7.03. The molecule has 2 aromatic rings. The Morgan fingerprint density at radius 1 is 1.26 bits per heavy atom. The van der Waals surface area contributed by atoms with Gasteiger partial charge in [-0.15, -0.1) is 0 Å². The minimum absolute atomic E-state index is 0.116. The van der Waals surface area contributed by atoms with Crippen LogP contribution in [-0.4, -0.2) is 39.8 Å². The van der Waals surface area contributed by atoms with E-state index in [-0.39, 0.29) is 28.7 Å². The Labute approximate surface area is 141 Å². The third-order valence-corrected chi connectivity index (χ3v) is 4.19. The number of rotatable bonds is 6. The lowest BCUT2D eigenvalue weighted by atomic mass is 10.3. The fraction of sp³-hybridized carbons (Fsp3) is 0.417. The number of alkyl halides is 1. The highest BCUT2D eigenvalue weighted by Crippen LogP contribution is 2.41. The number of aryl methyl sites for hydroxylation is 1. The van der Waals surface area contributed by atoms with Gasteiger partial charge in [-0.2, -0.15) is 9.36 Å². The Morgan fingerprint density at radius 2 is 1.96 bits per heavy atom. The third-order valence-electron chi connectivity index (χ3n) is 2.80. The van der Waals surface area contributed by atoms with Crippen LogP contribution in [0.3, 0.4) is 0 Å². The molecule has 0 fully saturated rings. The van der Waals surface area contributed by atoms with Gasteiger partial charge in [0.25, 0.3) is 0 Å². The van der Waals surface area contributed by atoms with E-state index in [4.69, 9.17) is 23.2 Å². The minimum Gasteiger partial charge on any atom is -0.335 e. The molecule has 0 radical (unpaired) electrons. The monoisotopic (exact) mass is 381 g/mol. The smallest absolute Gasteiger partial charge is 0.335 e. The summed E-state index contributed by atoms with van der Waals surface area (Å²) in [5.74, 6) is 0. The average molecular weight is 382 g/mol. The predicted molar refractivity (Wildman–Crippen MR) is 89.3 cm³/mol. The maximum Gasteiger partial charge on any atom is 0.368 e. The van der Waals surface area contributed by atoms with E-state index >= 15 is 0 Å². The molecule has 2 rings (SSSR count). The highest BCUT2D eigenvalue weighted by molar-refractivity contribution is 7.63. The molecule has 0 bridgehead atoms. The molecule has 1 aromatic heterocycles. The van der Waals surface area contributed by atoms with E-state index in [1.807, 2.05) is 0 Å². The number of tetrazole rings is 1. The van der Waals surface area contributed by atoms with Crippen LogP contribution in [0.2, 0.25) is 10.0 Å². The summed E-state index contributed by atoms with van der Waals surface area (Å²) in [4.78, 5) is 12.2. The van der Waals surface area contributed by atoms with Gasteiger partial charge in [0, 0.05) is 13.3 Å². The van der Waals surface area contributed by atoms with Crippen molar-refractivity contribution in [2.24, 2.45) is 0 Å². The second-order valence-corrected chi connectivity index (χ2v) is 8.92. The molecule has 126 valence electrons. The lowest BCUT2D eigenvalue weighted by Gasteiger charge is -2.14. The average Bonchev–Trinajstić information content (AvgIpc) is 2.79. The van der Waals surface area contributed by atoms with E-state index < -0.39 is 19.7 Å². The first-order valence-electron chi connectivity index (χ1n) is 6.64. The van der Waals surface area contributed by atoms with Crippen LogP contribution in [0.5, 0.6) is 0 Å². The molecule has 1 heterocycles. The van der Waals surface area contributed by atoms with E-state index in [2.05, 4.69) is 15.5 Å². The SMILES string of the molecule is CP(C)(=O)Nc1cc(-n2nnn(CCCF)c2=O)c(Cl)cc1Cl. The summed E-state index contributed by atoms with van der Waals surface area (Å²) in [6, 6.07) is 2.89. The Kier molecular flexibility index (Phi) is 5.49.